The van der Waals surface area contributed by atoms with Crippen molar-refractivity contribution in [3.05, 3.63) is 89.1 Å². The predicted octanol–water partition coefficient (Wildman–Crippen LogP) is 3.98. The Morgan fingerprint density at radius 1 is 1.00 bits per heavy atom. The van der Waals surface area contributed by atoms with E-state index in [0.29, 0.717) is 28.6 Å². The monoisotopic (exact) mass is 362 g/mol. The van der Waals surface area contributed by atoms with Crippen molar-refractivity contribution in [2.45, 2.75) is 6.54 Å². The van der Waals surface area contributed by atoms with Crippen molar-refractivity contribution in [1.29, 1.82) is 0 Å². The highest BCUT2D eigenvalue weighted by molar-refractivity contribution is 6.30. The highest BCUT2D eigenvalue weighted by atomic mass is 35.5. The van der Waals surface area contributed by atoms with E-state index >= 15 is 0 Å². The largest absolute Gasteiger partial charge is 0.348 e. The summed E-state index contributed by atoms with van der Waals surface area (Å²) in [4.78, 5) is 12.4. The summed E-state index contributed by atoms with van der Waals surface area (Å²) in [5, 5.41) is 12.0. The van der Waals surface area contributed by atoms with Crippen molar-refractivity contribution in [3.8, 4) is 11.4 Å². The highest BCUT2D eigenvalue weighted by Crippen LogP contribution is 2.21. The van der Waals surface area contributed by atoms with Crippen LogP contribution in [0.15, 0.2) is 72.9 Å². The van der Waals surface area contributed by atoms with E-state index in [4.69, 9.17) is 11.6 Å². The molecule has 5 nitrogen and oxygen atoms in total. The van der Waals surface area contributed by atoms with Gasteiger partial charge in [0.2, 0.25) is 0 Å². The van der Waals surface area contributed by atoms with E-state index in [1.165, 1.54) is 0 Å². The first-order valence-corrected chi connectivity index (χ1v) is 8.51. The minimum Gasteiger partial charge on any atom is -0.348 e. The maximum Gasteiger partial charge on any atom is 0.251 e. The van der Waals surface area contributed by atoms with Gasteiger partial charge in [-0.2, -0.15) is 0 Å². The summed E-state index contributed by atoms with van der Waals surface area (Å²) in [6.45, 7) is 0.480. The first kappa shape index (κ1) is 16.3. The van der Waals surface area contributed by atoms with Gasteiger partial charge in [-0.05, 0) is 42.0 Å². The van der Waals surface area contributed by atoms with Crippen LogP contribution in [0, 0.1) is 0 Å². The third-order valence-corrected chi connectivity index (χ3v) is 4.32. The molecule has 0 spiro atoms. The highest BCUT2D eigenvalue weighted by Gasteiger charge is 2.11. The molecule has 2 aromatic carbocycles. The fourth-order valence-corrected chi connectivity index (χ4v) is 2.83. The second kappa shape index (κ2) is 6.98. The summed E-state index contributed by atoms with van der Waals surface area (Å²) in [6, 6.07) is 20.7. The third kappa shape index (κ3) is 3.30. The standard InChI is InChI=1S/C20H15ClN4O/c21-17-8-6-15(7-9-17)19-24-23-18-12-16(10-11-25(18)19)20(26)22-13-14-4-2-1-3-5-14/h1-12H,13H2,(H,22,26). The lowest BCUT2D eigenvalue weighted by atomic mass is 10.2. The summed E-state index contributed by atoms with van der Waals surface area (Å²) in [7, 11) is 0. The topological polar surface area (TPSA) is 59.3 Å². The van der Waals surface area contributed by atoms with Gasteiger partial charge < -0.3 is 5.32 Å². The molecule has 1 amide bonds. The molecular weight excluding hydrogens is 348 g/mol. The molecule has 0 saturated heterocycles. The molecule has 0 saturated carbocycles. The Morgan fingerprint density at radius 2 is 1.77 bits per heavy atom. The number of carbonyl (C=O) groups excluding carboxylic acids is 1. The SMILES string of the molecule is O=C(NCc1ccccc1)c1ccn2c(-c3ccc(Cl)cc3)nnc2c1. The Balaban J connectivity index is 1.56. The van der Waals surface area contributed by atoms with Crippen LogP contribution in [0.3, 0.4) is 0 Å². The molecule has 0 aliphatic carbocycles. The van der Waals surface area contributed by atoms with Gasteiger partial charge in [-0.15, -0.1) is 10.2 Å². The molecule has 2 aromatic heterocycles. The van der Waals surface area contributed by atoms with E-state index < -0.39 is 0 Å². The van der Waals surface area contributed by atoms with E-state index in [1.54, 1.807) is 18.3 Å². The van der Waals surface area contributed by atoms with Crippen molar-refractivity contribution in [3.63, 3.8) is 0 Å². The van der Waals surface area contributed by atoms with Crippen molar-refractivity contribution in [1.82, 2.24) is 19.9 Å². The first-order chi connectivity index (χ1) is 12.7. The number of benzene rings is 2. The minimum absolute atomic E-state index is 0.146. The smallest absolute Gasteiger partial charge is 0.251 e. The van der Waals surface area contributed by atoms with Crippen molar-refractivity contribution >= 4 is 23.2 Å². The zero-order valence-electron chi connectivity index (χ0n) is 13.8. The molecule has 0 aliphatic heterocycles. The van der Waals surface area contributed by atoms with Crippen LogP contribution in [0.4, 0.5) is 0 Å². The van der Waals surface area contributed by atoms with Crippen LogP contribution in [0.2, 0.25) is 5.02 Å². The van der Waals surface area contributed by atoms with Crippen LogP contribution in [0.25, 0.3) is 17.0 Å². The number of hydrogen-bond donors (Lipinski definition) is 1. The summed E-state index contributed by atoms with van der Waals surface area (Å²) in [6.07, 6.45) is 1.80. The number of aromatic nitrogens is 3. The Kier molecular flexibility index (Phi) is 4.37. The molecule has 26 heavy (non-hydrogen) atoms. The van der Waals surface area contributed by atoms with Crippen molar-refractivity contribution in [2.24, 2.45) is 0 Å². The molecule has 0 unspecified atom stereocenters. The lowest BCUT2D eigenvalue weighted by Gasteiger charge is -2.06. The van der Waals surface area contributed by atoms with E-state index in [2.05, 4.69) is 15.5 Å². The fourth-order valence-electron chi connectivity index (χ4n) is 2.71. The summed E-state index contributed by atoms with van der Waals surface area (Å²) in [5.74, 6) is 0.556. The predicted molar refractivity (Wildman–Crippen MR) is 101 cm³/mol. The summed E-state index contributed by atoms with van der Waals surface area (Å²) in [5.41, 5.74) is 3.11. The second-order valence-corrected chi connectivity index (χ2v) is 6.28. The Bertz CT molecular complexity index is 1060. The molecule has 0 fully saturated rings. The number of nitrogens with zero attached hydrogens (tertiary/aromatic N) is 3. The van der Waals surface area contributed by atoms with E-state index in [0.717, 1.165) is 11.1 Å². The molecule has 4 aromatic rings. The lowest BCUT2D eigenvalue weighted by molar-refractivity contribution is 0.0951. The molecule has 4 rings (SSSR count). The van der Waals surface area contributed by atoms with Gasteiger partial charge in [0.05, 0.1) is 0 Å². The average Bonchev–Trinajstić information content (AvgIpc) is 3.11. The van der Waals surface area contributed by atoms with Crippen molar-refractivity contribution < 1.29 is 4.79 Å². The van der Waals surface area contributed by atoms with Crippen molar-refractivity contribution in [2.75, 3.05) is 0 Å². The summed E-state index contributed by atoms with van der Waals surface area (Å²) >= 11 is 5.93. The van der Waals surface area contributed by atoms with E-state index in [-0.39, 0.29) is 5.91 Å². The quantitative estimate of drug-likeness (QED) is 0.597. The summed E-state index contributed by atoms with van der Waals surface area (Å²) < 4.78 is 1.84. The van der Waals surface area contributed by atoms with Crippen LogP contribution in [-0.4, -0.2) is 20.5 Å². The zero-order valence-corrected chi connectivity index (χ0v) is 14.5. The normalized spacial score (nSPS) is 10.8. The molecule has 0 aliphatic rings. The van der Waals surface area contributed by atoms with Gasteiger partial charge >= 0.3 is 0 Å². The number of pyridine rings is 1. The number of nitrogens with one attached hydrogen (secondary N) is 1. The number of rotatable bonds is 4. The molecule has 0 atom stereocenters. The van der Waals surface area contributed by atoms with Crippen LogP contribution in [-0.2, 0) is 6.54 Å². The second-order valence-electron chi connectivity index (χ2n) is 5.84. The maximum atomic E-state index is 12.4. The van der Waals surface area contributed by atoms with Gasteiger partial charge in [-0.1, -0.05) is 41.9 Å². The Labute approximate surface area is 155 Å². The molecular formula is C20H15ClN4O. The number of hydrogen-bond acceptors (Lipinski definition) is 3. The average molecular weight is 363 g/mol. The minimum atomic E-state index is -0.146. The van der Waals surface area contributed by atoms with Gasteiger partial charge in [-0.25, -0.2) is 0 Å². The molecule has 128 valence electrons. The first-order valence-electron chi connectivity index (χ1n) is 8.13. The van der Waals surface area contributed by atoms with Gasteiger partial charge in [0.25, 0.3) is 5.91 Å². The third-order valence-electron chi connectivity index (χ3n) is 4.07. The maximum absolute atomic E-state index is 12.4. The molecule has 0 bridgehead atoms. The molecule has 2 heterocycles. The van der Waals surface area contributed by atoms with Gasteiger partial charge in [0.1, 0.15) is 0 Å². The number of amides is 1. The van der Waals surface area contributed by atoms with Gasteiger partial charge in [-0.3, -0.25) is 9.20 Å². The molecule has 0 radical (unpaired) electrons. The molecule has 6 heteroatoms. The van der Waals surface area contributed by atoms with E-state index in [9.17, 15) is 4.79 Å². The van der Waals surface area contributed by atoms with Crippen LogP contribution in [0.1, 0.15) is 15.9 Å². The lowest BCUT2D eigenvalue weighted by Crippen LogP contribution is -2.22. The van der Waals surface area contributed by atoms with Gasteiger partial charge in [0.15, 0.2) is 11.5 Å². The fraction of sp³-hybridized carbons (Fsp3) is 0.0500. The molecule has 1 N–H and O–H groups in total. The Hall–Kier alpha value is -3.18. The number of carbonyl (C=O) groups is 1. The van der Waals surface area contributed by atoms with Crippen LogP contribution in [0.5, 0.6) is 0 Å². The van der Waals surface area contributed by atoms with Gasteiger partial charge in [0, 0.05) is 28.9 Å². The number of halogens is 1. The van der Waals surface area contributed by atoms with Crippen LogP contribution >= 0.6 is 11.6 Å². The number of fused-ring (bicyclic) bond motifs is 1. The van der Waals surface area contributed by atoms with Crippen LogP contribution < -0.4 is 5.32 Å². The Morgan fingerprint density at radius 3 is 2.54 bits per heavy atom. The van der Waals surface area contributed by atoms with E-state index in [1.807, 2.05) is 59.0 Å². The zero-order chi connectivity index (χ0) is 17.9.